The van der Waals surface area contributed by atoms with Gasteiger partial charge in [-0.3, -0.25) is 0 Å². The summed E-state index contributed by atoms with van der Waals surface area (Å²) in [5.74, 6) is 0. The van der Waals surface area contributed by atoms with Gasteiger partial charge in [-0.05, 0) is 36.1 Å². The Morgan fingerprint density at radius 3 is 2.72 bits per heavy atom. The van der Waals surface area contributed by atoms with Crippen molar-refractivity contribution in [3.05, 3.63) is 63.6 Å². The van der Waals surface area contributed by atoms with Crippen LogP contribution in [0.15, 0.2) is 42.5 Å². The number of anilines is 1. The number of nitrogens with one attached hydrogen (secondary N) is 1. The van der Waals surface area contributed by atoms with Crippen LogP contribution in [0, 0.1) is 0 Å². The fourth-order valence-electron chi connectivity index (χ4n) is 2.51. The molecule has 0 heterocycles. The van der Waals surface area contributed by atoms with Gasteiger partial charge < -0.3 is 5.32 Å². The molecule has 2 aromatic rings. The van der Waals surface area contributed by atoms with Crippen molar-refractivity contribution in [1.29, 1.82) is 0 Å². The zero-order valence-corrected chi connectivity index (χ0v) is 11.3. The topological polar surface area (TPSA) is 12.0 Å². The van der Waals surface area contributed by atoms with Crippen LogP contribution in [0.2, 0.25) is 10.0 Å². The minimum atomic E-state index is 0.331. The summed E-state index contributed by atoms with van der Waals surface area (Å²) in [5, 5.41) is 4.68. The van der Waals surface area contributed by atoms with E-state index >= 15 is 0 Å². The SMILES string of the molecule is Clc1cccc(NC2CCc3ccccc32)c1Cl. The molecule has 0 saturated heterocycles. The van der Waals surface area contributed by atoms with E-state index in [1.807, 2.05) is 12.1 Å². The lowest BCUT2D eigenvalue weighted by atomic mass is 10.1. The zero-order chi connectivity index (χ0) is 12.5. The number of benzene rings is 2. The van der Waals surface area contributed by atoms with Gasteiger partial charge in [0.05, 0.1) is 21.8 Å². The highest BCUT2D eigenvalue weighted by Crippen LogP contribution is 2.37. The molecule has 3 rings (SSSR count). The summed E-state index contributed by atoms with van der Waals surface area (Å²) < 4.78 is 0. The molecule has 1 nitrogen and oxygen atoms in total. The Labute approximate surface area is 117 Å². The third-order valence-electron chi connectivity index (χ3n) is 3.41. The number of rotatable bonds is 2. The van der Waals surface area contributed by atoms with Gasteiger partial charge in [0, 0.05) is 0 Å². The van der Waals surface area contributed by atoms with Crippen LogP contribution < -0.4 is 5.32 Å². The Balaban J connectivity index is 1.89. The Morgan fingerprint density at radius 1 is 1.00 bits per heavy atom. The predicted octanol–water partition coefficient (Wildman–Crippen LogP) is 5.09. The second kappa shape index (κ2) is 4.83. The highest BCUT2D eigenvalue weighted by molar-refractivity contribution is 6.43. The molecule has 92 valence electrons. The lowest BCUT2D eigenvalue weighted by Crippen LogP contribution is -2.07. The van der Waals surface area contributed by atoms with Crippen molar-refractivity contribution in [2.45, 2.75) is 18.9 Å². The zero-order valence-electron chi connectivity index (χ0n) is 9.79. The van der Waals surface area contributed by atoms with Gasteiger partial charge in [0.1, 0.15) is 0 Å². The lowest BCUT2D eigenvalue weighted by molar-refractivity contribution is 0.762. The smallest absolute Gasteiger partial charge is 0.0823 e. The first-order chi connectivity index (χ1) is 8.75. The Hall–Kier alpha value is -1.18. The molecule has 0 aromatic heterocycles. The van der Waals surface area contributed by atoms with Crippen LogP contribution in [0.25, 0.3) is 0 Å². The quantitative estimate of drug-likeness (QED) is 0.806. The number of hydrogen-bond acceptors (Lipinski definition) is 1. The van der Waals surface area contributed by atoms with E-state index < -0.39 is 0 Å². The lowest BCUT2D eigenvalue weighted by Gasteiger charge is -2.17. The molecule has 0 saturated carbocycles. The molecular weight excluding hydrogens is 265 g/mol. The molecule has 2 aromatic carbocycles. The summed E-state index contributed by atoms with van der Waals surface area (Å²) in [6.45, 7) is 0. The average molecular weight is 278 g/mol. The predicted molar refractivity (Wildman–Crippen MR) is 77.6 cm³/mol. The van der Waals surface area contributed by atoms with E-state index in [4.69, 9.17) is 23.2 Å². The molecule has 0 spiro atoms. The molecule has 1 atom stereocenters. The van der Waals surface area contributed by atoms with Gasteiger partial charge in [-0.1, -0.05) is 53.5 Å². The number of hydrogen-bond donors (Lipinski definition) is 1. The fourth-order valence-corrected chi connectivity index (χ4v) is 2.87. The summed E-state index contributed by atoms with van der Waals surface area (Å²) >= 11 is 12.2. The summed E-state index contributed by atoms with van der Waals surface area (Å²) in [6, 6.07) is 14.6. The van der Waals surface area contributed by atoms with E-state index in [-0.39, 0.29) is 0 Å². The number of halogens is 2. The molecule has 0 radical (unpaired) electrons. The molecule has 1 N–H and O–H groups in total. The van der Waals surface area contributed by atoms with Crippen LogP contribution in [-0.4, -0.2) is 0 Å². The van der Waals surface area contributed by atoms with Crippen molar-refractivity contribution in [1.82, 2.24) is 0 Å². The van der Waals surface area contributed by atoms with E-state index in [1.54, 1.807) is 6.07 Å². The molecule has 0 aliphatic heterocycles. The molecule has 0 fully saturated rings. The van der Waals surface area contributed by atoms with Gasteiger partial charge in [0.25, 0.3) is 0 Å². The average Bonchev–Trinajstić information content (AvgIpc) is 2.79. The Bertz CT molecular complexity index is 580. The summed E-state index contributed by atoms with van der Waals surface area (Å²) in [6.07, 6.45) is 2.22. The minimum absolute atomic E-state index is 0.331. The van der Waals surface area contributed by atoms with E-state index in [2.05, 4.69) is 29.6 Å². The normalized spacial score (nSPS) is 17.6. The monoisotopic (exact) mass is 277 g/mol. The Kier molecular flexibility index (Phi) is 3.19. The molecule has 18 heavy (non-hydrogen) atoms. The third-order valence-corrected chi connectivity index (χ3v) is 4.23. The van der Waals surface area contributed by atoms with Crippen molar-refractivity contribution in [2.24, 2.45) is 0 Å². The molecule has 1 unspecified atom stereocenters. The van der Waals surface area contributed by atoms with Gasteiger partial charge in [-0.15, -0.1) is 0 Å². The molecule has 3 heteroatoms. The maximum atomic E-state index is 6.20. The molecular formula is C15H13Cl2N. The van der Waals surface area contributed by atoms with Crippen molar-refractivity contribution < 1.29 is 0 Å². The van der Waals surface area contributed by atoms with Gasteiger partial charge in [-0.2, -0.15) is 0 Å². The van der Waals surface area contributed by atoms with Gasteiger partial charge in [0.2, 0.25) is 0 Å². The second-order valence-electron chi connectivity index (χ2n) is 4.54. The first-order valence-corrected chi connectivity index (χ1v) is 6.79. The van der Waals surface area contributed by atoms with Crippen molar-refractivity contribution >= 4 is 28.9 Å². The highest BCUT2D eigenvalue weighted by atomic mass is 35.5. The first kappa shape index (κ1) is 11.9. The third kappa shape index (κ3) is 2.09. The van der Waals surface area contributed by atoms with Crippen LogP contribution >= 0.6 is 23.2 Å². The van der Waals surface area contributed by atoms with Crippen molar-refractivity contribution in [3.8, 4) is 0 Å². The van der Waals surface area contributed by atoms with Crippen molar-refractivity contribution in [2.75, 3.05) is 5.32 Å². The molecule has 1 aliphatic carbocycles. The van der Waals surface area contributed by atoms with Crippen LogP contribution in [0.3, 0.4) is 0 Å². The molecule has 0 bridgehead atoms. The van der Waals surface area contributed by atoms with E-state index in [0.29, 0.717) is 16.1 Å². The van der Waals surface area contributed by atoms with Gasteiger partial charge in [-0.25, -0.2) is 0 Å². The highest BCUT2D eigenvalue weighted by Gasteiger charge is 2.22. The van der Waals surface area contributed by atoms with Crippen molar-refractivity contribution in [3.63, 3.8) is 0 Å². The summed E-state index contributed by atoms with van der Waals surface area (Å²) in [5.41, 5.74) is 3.70. The van der Waals surface area contributed by atoms with Crippen LogP contribution in [0.1, 0.15) is 23.6 Å². The summed E-state index contributed by atoms with van der Waals surface area (Å²) in [7, 11) is 0. The second-order valence-corrected chi connectivity index (χ2v) is 5.32. The van der Waals surface area contributed by atoms with Crippen LogP contribution in [-0.2, 0) is 6.42 Å². The van der Waals surface area contributed by atoms with E-state index in [9.17, 15) is 0 Å². The van der Waals surface area contributed by atoms with Gasteiger partial charge in [0.15, 0.2) is 0 Å². The maximum Gasteiger partial charge on any atom is 0.0823 e. The maximum absolute atomic E-state index is 6.20. The van der Waals surface area contributed by atoms with E-state index in [0.717, 1.165) is 18.5 Å². The largest absolute Gasteiger partial charge is 0.377 e. The first-order valence-electron chi connectivity index (χ1n) is 6.04. The van der Waals surface area contributed by atoms with Gasteiger partial charge >= 0.3 is 0 Å². The van der Waals surface area contributed by atoms with Crippen LogP contribution in [0.5, 0.6) is 0 Å². The van der Waals surface area contributed by atoms with Crippen LogP contribution in [0.4, 0.5) is 5.69 Å². The fraction of sp³-hybridized carbons (Fsp3) is 0.200. The molecule has 0 amide bonds. The summed E-state index contributed by atoms with van der Waals surface area (Å²) in [4.78, 5) is 0. The number of fused-ring (bicyclic) bond motifs is 1. The minimum Gasteiger partial charge on any atom is -0.377 e. The molecule has 1 aliphatic rings. The standard InChI is InChI=1S/C15H13Cl2N/c16-12-6-3-7-14(15(12)17)18-13-9-8-10-4-1-2-5-11(10)13/h1-7,13,18H,8-9H2. The Morgan fingerprint density at radius 2 is 1.83 bits per heavy atom. The number of aryl methyl sites for hydroxylation is 1. The van der Waals surface area contributed by atoms with E-state index in [1.165, 1.54) is 11.1 Å².